The van der Waals surface area contributed by atoms with Crippen LogP contribution in [0.4, 0.5) is 0 Å². The smallest absolute Gasteiger partial charge is 0.236 e. The Balaban J connectivity index is 2.46. The van der Waals surface area contributed by atoms with Crippen molar-refractivity contribution in [2.75, 3.05) is 13.1 Å². The fourth-order valence-electron chi connectivity index (χ4n) is 2.54. The fourth-order valence-corrected chi connectivity index (χ4v) is 2.54. The van der Waals surface area contributed by atoms with Crippen molar-refractivity contribution in [3.8, 4) is 6.07 Å². The average molecular weight is 236 g/mol. The van der Waals surface area contributed by atoms with E-state index in [2.05, 4.69) is 27.7 Å². The lowest BCUT2D eigenvalue weighted by atomic mass is 9.71. The van der Waals surface area contributed by atoms with Crippen molar-refractivity contribution in [2.24, 2.45) is 17.3 Å². The van der Waals surface area contributed by atoms with Crippen molar-refractivity contribution in [3.05, 3.63) is 0 Å². The molecule has 17 heavy (non-hydrogen) atoms. The van der Waals surface area contributed by atoms with Crippen molar-refractivity contribution in [1.29, 1.82) is 5.26 Å². The van der Waals surface area contributed by atoms with Gasteiger partial charge < -0.3 is 4.90 Å². The second kappa shape index (κ2) is 5.53. The number of rotatable bonds is 2. The van der Waals surface area contributed by atoms with Gasteiger partial charge in [0.2, 0.25) is 5.91 Å². The zero-order valence-electron chi connectivity index (χ0n) is 11.5. The van der Waals surface area contributed by atoms with E-state index < -0.39 is 0 Å². The van der Waals surface area contributed by atoms with Gasteiger partial charge in [-0.05, 0) is 30.1 Å². The van der Waals surface area contributed by atoms with Gasteiger partial charge >= 0.3 is 0 Å². The van der Waals surface area contributed by atoms with Crippen molar-refractivity contribution < 1.29 is 4.79 Å². The molecule has 0 aromatic carbocycles. The Kier molecular flexibility index (Phi) is 4.56. The number of amides is 1. The van der Waals surface area contributed by atoms with E-state index in [-0.39, 0.29) is 12.3 Å². The minimum Gasteiger partial charge on any atom is -0.342 e. The number of likely N-dealkylation sites (tertiary alicyclic amines) is 1. The predicted molar refractivity (Wildman–Crippen MR) is 68.2 cm³/mol. The van der Waals surface area contributed by atoms with Crippen LogP contribution >= 0.6 is 0 Å². The number of nitriles is 1. The quantitative estimate of drug-likeness (QED) is 0.740. The lowest BCUT2D eigenvalue weighted by Crippen LogP contribution is -2.41. The summed E-state index contributed by atoms with van der Waals surface area (Å²) in [6, 6.07) is 1.93. The van der Waals surface area contributed by atoms with Gasteiger partial charge in [0.1, 0.15) is 6.42 Å². The highest BCUT2D eigenvalue weighted by atomic mass is 16.2. The summed E-state index contributed by atoms with van der Waals surface area (Å²) in [6.45, 7) is 10.8. The summed E-state index contributed by atoms with van der Waals surface area (Å²) in [5.41, 5.74) is 0.337. The molecule has 1 fully saturated rings. The van der Waals surface area contributed by atoms with Crippen LogP contribution in [0.15, 0.2) is 0 Å². The fraction of sp³-hybridized carbons (Fsp3) is 0.857. The van der Waals surface area contributed by atoms with Crippen molar-refractivity contribution >= 4 is 5.91 Å². The molecule has 96 valence electrons. The summed E-state index contributed by atoms with van der Waals surface area (Å²) in [4.78, 5) is 13.4. The molecule has 1 atom stereocenters. The summed E-state index contributed by atoms with van der Waals surface area (Å²) < 4.78 is 0. The minimum absolute atomic E-state index is 0.00522. The van der Waals surface area contributed by atoms with Crippen LogP contribution in [-0.2, 0) is 4.79 Å². The number of carbonyl (C=O) groups is 1. The number of hydrogen-bond acceptors (Lipinski definition) is 2. The molecule has 1 saturated heterocycles. The highest BCUT2D eigenvalue weighted by Gasteiger charge is 2.31. The Labute approximate surface area is 105 Å². The first-order valence-corrected chi connectivity index (χ1v) is 6.51. The highest BCUT2D eigenvalue weighted by Crippen LogP contribution is 2.36. The predicted octanol–water partition coefficient (Wildman–Crippen LogP) is 2.82. The van der Waals surface area contributed by atoms with E-state index in [1.807, 2.05) is 11.0 Å². The van der Waals surface area contributed by atoms with Gasteiger partial charge in [0.15, 0.2) is 0 Å². The molecule has 0 bridgehead atoms. The van der Waals surface area contributed by atoms with Crippen molar-refractivity contribution in [3.63, 3.8) is 0 Å². The van der Waals surface area contributed by atoms with Gasteiger partial charge in [-0.1, -0.05) is 27.7 Å². The van der Waals surface area contributed by atoms with E-state index in [0.717, 1.165) is 25.9 Å². The third-order valence-corrected chi connectivity index (χ3v) is 4.20. The molecule has 0 saturated carbocycles. The number of nitrogens with zero attached hydrogens (tertiary/aromatic N) is 2. The summed E-state index contributed by atoms with van der Waals surface area (Å²) in [6.07, 6.45) is 2.19. The lowest BCUT2D eigenvalue weighted by molar-refractivity contribution is -0.131. The highest BCUT2D eigenvalue weighted by molar-refractivity contribution is 5.78. The van der Waals surface area contributed by atoms with Crippen LogP contribution in [0.5, 0.6) is 0 Å². The van der Waals surface area contributed by atoms with Gasteiger partial charge in [-0.25, -0.2) is 0 Å². The third kappa shape index (κ3) is 3.73. The van der Waals surface area contributed by atoms with E-state index in [9.17, 15) is 4.79 Å². The Bertz CT molecular complexity index is 303. The molecule has 1 aliphatic rings. The van der Waals surface area contributed by atoms with E-state index in [1.165, 1.54) is 0 Å². The van der Waals surface area contributed by atoms with Gasteiger partial charge in [-0.3, -0.25) is 4.79 Å². The van der Waals surface area contributed by atoms with Gasteiger partial charge in [-0.2, -0.15) is 5.26 Å². The average Bonchev–Trinajstić information content (AvgIpc) is 2.27. The Morgan fingerprint density at radius 1 is 1.41 bits per heavy atom. The monoisotopic (exact) mass is 236 g/mol. The normalized spacial score (nSPS) is 19.8. The van der Waals surface area contributed by atoms with E-state index in [4.69, 9.17) is 5.26 Å². The molecule has 1 rings (SSSR count). The van der Waals surface area contributed by atoms with Crippen LogP contribution in [-0.4, -0.2) is 23.9 Å². The molecule has 0 aromatic rings. The number of hydrogen-bond donors (Lipinski definition) is 0. The zero-order chi connectivity index (χ0) is 13.1. The van der Waals surface area contributed by atoms with Crippen LogP contribution in [0.25, 0.3) is 0 Å². The standard InChI is InChI=1S/C14H24N2O/c1-11(14(2,3)4)12-6-9-16(10-7-12)13(17)5-8-15/h11-12H,5-7,9-10H2,1-4H3/t11-/m1/s1. The van der Waals surface area contributed by atoms with Gasteiger partial charge in [0.05, 0.1) is 6.07 Å². The Morgan fingerprint density at radius 2 is 1.94 bits per heavy atom. The summed E-state index contributed by atoms with van der Waals surface area (Å²) in [5.74, 6) is 1.38. The molecule has 1 amide bonds. The maximum Gasteiger partial charge on any atom is 0.236 e. The Hall–Kier alpha value is -1.04. The molecule has 0 aromatic heterocycles. The van der Waals surface area contributed by atoms with Gasteiger partial charge in [0, 0.05) is 13.1 Å². The first-order chi connectivity index (χ1) is 7.86. The molecule has 1 aliphatic heterocycles. The second-order valence-corrected chi connectivity index (χ2v) is 6.21. The van der Waals surface area contributed by atoms with Gasteiger partial charge in [0.25, 0.3) is 0 Å². The molecular formula is C14H24N2O. The van der Waals surface area contributed by atoms with Crippen LogP contribution in [0.2, 0.25) is 0 Å². The molecule has 3 nitrogen and oxygen atoms in total. The third-order valence-electron chi connectivity index (χ3n) is 4.20. The van der Waals surface area contributed by atoms with Crippen molar-refractivity contribution in [1.82, 2.24) is 4.90 Å². The maximum absolute atomic E-state index is 11.6. The Morgan fingerprint density at radius 3 is 2.35 bits per heavy atom. The molecule has 0 N–H and O–H groups in total. The van der Waals surface area contributed by atoms with Crippen molar-refractivity contribution in [2.45, 2.75) is 47.0 Å². The minimum atomic E-state index is -0.00522. The second-order valence-electron chi connectivity index (χ2n) is 6.21. The van der Waals surface area contributed by atoms with Crippen LogP contribution in [0, 0.1) is 28.6 Å². The van der Waals surface area contributed by atoms with E-state index >= 15 is 0 Å². The van der Waals surface area contributed by atoms with Crippen LogP contribution in [0.3, 0.4) is 0 Å². The summed E-state index contributed by atoms with van der Waals surface area (Å²) >= 11 is 0. The molecule has 1 heterocycles. The summed E-state index contributed by atoms with van der Waals surface area (Å²) in [7, 11) is 0. The topological polar surface area (TPSA) is 44.1 Å². The van der Waals surface area contributed by atoms with E-state index in [0.29, 0.717) is 17.3 Å². The molecular weight excluding hydrogens is 212 g/mol. The summed E-state index contributed by atoms with van der Waals surface area (Å²) in [5, 5.41) is 8.52. The molecule has 0 spiro atoms. The zero-order valence-corrected chi connectivity index (χ0v) is 11.5. The molecule has 3 heteroatoms. The number of carbonyl (C=O) groups excluding carboxylic acids is 1. The first kappa shape index (κ1) is 14.0. The van der Waals surface area contributed by atoms with Crippen LogP contribution < -0.4 is 0 Å². The molecule has 0 radical (unpaired) electrons. The van der Waals surface area contributed by atoms with Crippen LogP contribution in [0.1, 0.15) is 47.0 Å². The number of piperidine rings is 1. The first-order valence-electron chi connectivity index (χ1n) is 6.51. The largest absolute Gasteiger partial charge is 0.342 e. The maximum atomic E-state index is 11.6. The van der Waals surface area contributed by atoms with E-state index in [1.54, 1.807) is 0 Å². The SMILES string of the molecule is C[C@H](C1CCN(C(=O)CC#N)CC1)C(C)(C)C. The molecule has 0 unspecified atom stereocenters. The molecule has 0 aliphatic carbocycles. The van der Waals surface area contributed by atoms with Gasteiger partial charge in [-0.15, -0.1) is 0 Å². The lowest BCUT2D eigenvalue weighted by Gasteiger charge is -2.40.